The summed E-state index contributed by atoms with van der Waals surface area (Å²) in [4.78, 5) is 124. The third-order valence-corrected chi connectivity index (χ3v) is 8.84. The van der Waals surface area contributed by atoms with Crippen molar-refractivity contribution in [2.24, 2.45) is 0 Å². The highest BCUT2D eigenvalue weighted by atomic mass is 16.8. The topological polar surface area (TPSA) is 329 Å². The SMILES string of the molecule is CC(=O)OC[C@@H]1O[C@H](O[C@H]2[C@@H](OC(C)=O)[C@@H](OC(C)=O)[C@H](O[C@H]3[C@@H](OC(C)=O)[C@H](OC(C)=O)[C@@H](O)O[C@H]3COC(C)=O)O[C@H]2COC(C)=O)[C@@H](OC(C)=O)[C@H](OC(C)=O)[C@H]1OC(C)=O. The number of rotatable bonds is 17. The monoisotopic (exact) mass is 924 g/mol. The van der Waals surface area contributed by atoms with Crippen molar-refractivity contribution in [2.45, 2.75) is 161 Å². The summed E-state index contributed by atoms with van der Waals surface area (Å²) in [5.74, 6) is -9.61. The van der Waals surface area contributed by atoms with Gasteiger partial charge < -0.3 is 76.2 Å². The molecule has 0 aliphatic carbocycles. The van der Waals surface area contributed by atoms with Crippen LogP contribution in [0.1, 0.15) is 69.2 Å². The van der Waals surface area contributed by atoms with Crippen molar-refractivity contribution >= 4 is 59.7 Å². The van der Waals surface area contributed by atoms with E-state index in [4.69, 9.17) is 71.1 Å². The molecule has 64 heavy (non-hydrogen) atoms. The van der Waals surface area contributed by atoms with Crippen molar-refractivity contribution in [3.05, 3.63) is 0 Å². The molecule has 0 radical (unpaired) electrons. The Labute approximate surface area is 364 Å². The van der Waals surface area contributed by atoms with Gasteiger partial charge in [0.05, 0.1) is 0 Å². The van der Waals surface area contributed by atoms with Crippen LogP contribution in [0.2, 0.25) is 0 Å². The first-order valence-corrected chi connectivity index (χ1v) is 19.4. The number of hydrogen-bond acceptors (Lipinski definition) is 26. The van der Waals surface area contributed by atoms with Crippen LogP contribution in [0.15, 0.2) is 0 Å². The lowest BCUT2D eigenvalue weighted by Gasteiger charge is -2.50. The molecular formula is C38H52O26. The van der Waals surface area contributed by atoms with Gasteiger partial charge in [-0.25, -0.2) is 0 Å². The molecule has 0 spiro atoms. The second kappa shape index (κ2) is 23.9. The van der Waals surface area contributed by atoms with E-state index in [1.165, 1.54) is 0 Å². The van der Waals surface area contributed by atoms with E-state index in [1.807, 2.05) is 0 Å². The minimum atomic E-state index is -2.02. The molecule has 0 aromatic heterocycles. The standard InChI is InChI=1S/C38H52O26/c1-14(39)50-11-24-28(30(54-18(5)43)33(36(49)60-24)57-21(8)46)63-38-35(59-23(10)48)32(56-20(7)45)29(26(62-38)13-52-16(3)41)64-37-34(58-22(9)47)31(55-19(6)44)27(53-17(4)42)25(61-37)12-51-15(2)40/h24-38,49H,11-13H2,1-10H3/t24-,25-,26-,27-,28+,29+,30+,31+,32+,33-,34-,35+,36-,37+,38-/m0/s1. The zero-order chi connectivity index (χ0) is 48.2. The van der Waals surface area contributed by atoms with E-state index < -0.39 is 172 Å². The molecule has 3 aliphatic rings. The van der Waals surface area contributed by atoms with Gasteiger partial charge in [0.15, 0.2) is 61.6 Å². The van der Waals surface area contributed by atoms with E-state index in [1.54, 1.807) is 0 Å². The fourth-order valence-corrected chi connectivity index (χ4v) is 6.77. The van der Waals surface area contributed by atoms with Gasteiger partial charge in [-0.15, -0.1) is 0 Å². The van der Waals surface area contributed by atoms with Gasteiger partial charge in [0, 0.05) is 69.2 Å². The van der Waals surface area contributed by atoms with Crippen LogP contribution in [-0.4, -0.2) is 177 Å². The van der Waals surface area contributed by atoms with Crippen molar-refractivity contribution in [1.29, 1.82) is 0 Å². The van der Waals surface area contributed by atoms with Crippen molar-refractivity contribution in [1.82, 2.24) is 0 Å². The minimum Gasteiger partial charge on any atom is -0.463 e. The maximum atomic E-state index is 12.9. The third kappa shape index (κ3) is 15.6. The molecule has 360 valence electrons. The molecule has 0 bridgehead atoms. The molecule has 0 unspecified atom stereocenters. The van der Waals surface area contributed by atoms with Crippen LogP contribution in [0.5, 0.6) is 0 Å². The zero-order valence-electron chi connectivity index (χ0n) is 36.4. The number of carbonyl (C=O) groups is 10. The smallest absolute Gasteiger partial charge is 0.303 e. The second-order valence-electron chi connectivity index (χ2n) is 14.3. The van der Waals surface area contributed by atoms with Gasteiger partial charge in [-0.05, 0) is 0 Å². The van der Waals surface area contributed by atoms with Crippen LogP contribution in [0.4, 0.5) is 0 Å². The molecule has 0 amide bonds. The van der Waals surface area contributed by atoms with Crippen LogP contribution in [0.25, 0.3) is 0 Å². The molecule has 26 nitrogen and oxygen atoms in total. The van der Waals surface area contributed by atoms with Crippen LogP contribution in [-0.2, 0) is 119 Å². The lowest BCUT2D eigenvalue weighted by Crippen LogP contribution is -2.68. The number of hydrogen-bond donors (Lipinski definition) is 1. The molecule has 3 fully saturated rings. The van der Waals surface area contributed by atoms with Crippen molar-refractivity contribution in [3.63, 3.8) is 0 Å². The predicted octanol–water partition coefficient (Wildman–Crippen LogP) is -1.86. The summed E-state index contributed by atoms with van der Waals surface area (Å²) in [5.41, 5.74) is 0. The molecule has 0 aromatic carbocycles. The molecule has 0 saturated carbocycles. The largest absolute Gasteiger partial charge is 0.463 e. The van der Waals surface area contributed by atoms with Crippen molar-refractivity contribution in [3.8, 4) is 0 Å². The Hall–Kier alpha value is -5.54. The summed E-state index contributed by atoms with van der Waals surface area (Å²) in [7, 11) is 0. The van der Waals surface area contributed by atoms with Gasteiger partial charge in [-0.2, -0.15) is 0 Å². The molecule has 3 rings (SSSR count). The Kier molecular flexibility index (Phi) is 19.8. The number of aliphatic hydroxyl groups is 1. The highest BCUT2D eigenvalue weighted by Gasteiger charge is 2.59. The molecule has 3 saturated heterocycles. The number of ether oxygens (including phenoxy) is 15. The Morgan fingerprint density at radius 2 is 0.578 bits per heavy atom. The van der Waals surface area contributed by atoms with Crippen LogP contribution in [0.3, 0.4) is 0 Å². The van der Waals surface area contributed by atoms with Gasteiger partial charge in [0.1, 0.15) is 50.3 Å². The van der Waals surface area contributed by atoms with Crippen LogP contribution in [0, 0.1) is 0 Å². The number of aliphatic hydroxyl groups excluding tert-OH is 1. The fourth-order valence-electron chi connectivity index (χ4n) is 6.77. The van der Waals surface area contributed by atoms with Gasteiger partial charge in [-0.1, -0.05) is 0 Å². The molecule has 3 heterocycles. The van der Waals surface area contributed by atoms with Crippen molar-refractivity contribution in [2.75, 3.05) is 19.8 Å². The first kappa shape index (κ1) is 52.8. The lowest BCUT2D eigenvalue weighted by molar-refractivity contribution is -0.378. The van der Waals surface area contributed by atoms with E-state index >= 15 is 0 Å². The van der Waals surface area contributed by atoms with E-state index in [-0.39, 0.29) is 0 Å². The summed E-state index contributed by atoms with van der Waals surface area (Å²) >= 11 is 0. The summed E-state index contributed by atoms with van der Waals surface area (Å²) in [6.07, 6.45) is -27.2. The first-order chi connectivity index (χ1) is 29.9. The highest BCUT2D eigenvalue weighted by Crippen LogP contribution is 2.38. The minimum absolute atomic E-state index is 0.681. The molecule has 0 aromatic rings. The highest BCUT2D eigenvalue weighted by molar-refractivity contribution is 5.70. The normalized spacial score (nSPS) is 32.3. The van der Waals surface area contributed by atoms with E-state index in [0.717, 1.165) is 69.2 Å². The van der Waals surface area contributed by atoms with Gasteiger partial charge in [-0.3, -0.25) is 47.9 Å². The lowest BCUT2D eigenvalue weighted by atomic mass is 9.95. The molecule has 3 aliphatic heterocycles. The second-order valence-corrected chi connectivity index (χ2v) is 14.3. The summed E-state index contributed by atoms with van der Waals surface area (Å²) in [6, 6.07) is 0. The van der Waals surface area contributed by atoms with Crippen molar-refractivity contribution < 1.29 is 124 Å². The Morgan fingerprint density at radius 1 is 0.328 bits per heavy atom. The summed E-state index contributed by atoms with van der Waals surface area (Å²) < 4.78 is 84.2. The molecule has 1 N–H and O–H groups in total. The Morgan fingerprint density at radius 3 is 0.906 bits per heavy atom. The quantitative estimate of drug-likeness (QED) is 0.123. The Bertz CT molecular complexity index is 1730. The third-order valence-electron chi connectivity index (χ3n) is 8.84. The summed E-state index contributed by atoms with van der Waals surface area (Å²) in [5, 5.41) is 10.9. The molecular weight excluding hydrogens is 872 g/mol. The van der Waals surface area contributed by atoms with E-state index in [0.29, 0.717) is 0 Å². The number of esters is 10. The van der Waals surface area contributed by atoms with Crippen LogP contribution < -0.4 is 0 Å². The average Bonchev–Trinajstić information content (AvgIpc) is 3.15. The first-order valence-electron chi connectivity index (χ1n) is 19.4. The average molecular weight is 925 g/mol. The van der Waals surface area contributed by atoms with Crippen LogP contribution >= 0.6 is 0 Å². The number of carbonyl (C=O) groups excluding carboxylic acids is 10. The van der Waals surface area contributed by atoms with Gasteiger partial charge >= 0.3 is 59.7 Å². The molecule has 15 atom stereocenters. The fraction of sp³-hybridized carbons (Fsp3) is 0.737. The zero-order valence-corrected chi connectivity index (χ0v) is 36.4. The molecule has 26 heteroatoms. The van der Waals surface area contributed by atoms with E-state index in [2.05, 4.69) is 0 Å². The predicted molar refractivity (Wildman–Crippen MR) is 197 cm³/mol. The summed E-state index contributed by atoms with van der Waals surface area (Å²) in [6.45, 7) is 7.65. The Balaban J connectivity index is 2.28. The maximum Gasteiger partial charge on any atom is 0.303 e. The van der Waals surface area contributed by atoms with Gasteiger partial charge in [0.25, 0.3) is 0 Å². The van der Waals surface area contributed by atoms with E-state index in [9.17, 15) is 53.1 Å². The maximum absolute atomic E-state index is 12.9. The van der Waals surface area contributed by atoms with Gasteiger partial charge in [0.2, 0.25) is 0 Å².